The Morgan fingerprint density at radius 3 is 2.00 bits per heavy atom. The monoisotopic (exact) mass is 446 g/mol. The Balaban J connectivity index is 2.14. The minimum atomic E-state index is -1.20. The van der Waals surface area contributed by atoms with E-state index in [1.165, 1.54) is 20.3 Å². The van der Waals surface area contributed by atoms with Gasteiger partial charge in [-0.2, -0.15) is 0 Å². The Kier molecular flexibility index (Phi) is 7.23. The number of methoxy groups -OCH3 is 2. The Morgan fingerprint density at radius 1 is 0.938 bits per heavy atom. The highest BCUT2D eigenvalue weighted by Crippen LogP contribution is 2.56. The van der Waals surface area contributed by atoms with Gasteiger partial charge < -0.3 is 23.7 Å². The molecule has 1 saturated carbocycles. The molecule has 2 fully saturated rings. The van der Waals surface area contributed by atoms with Crippen molar-refractivity contribution in [3.8, 4) is 11.5 Å². The highest BCUT2D eigenvalue weighted by atomic mass is 16.5. The van der Waals surface area contributed by atoms with Gasteiger partial charge in [-0.05, 0) is 56.5 Å². The minimum Gasteiger partial charge on any atom is -0.493 e. The van der Waals surface area contributed by atoms with Gasteiger partial charge in [-0.1, -0.05) is 6.42 Å². The van der Waals surface area contributed by atoms with E-state index in [0.717, 1.165) is 0 Å². The Bertz CT molecular complexity index is 871. The Morgan fingerprint density at radius 2 is 1.50 bits per heavy atom. The molecule has 0 amide bonds. The molecule has 2 bridgehead atoms. The van der Waals surface area contributed by atoms with Crippen molar-refractivity contribution >= 4 is 17.7 Å². The van der Waals surface area contributed by atoms with Gasteiger partial charge in [0.15, 0.2) is 17.3 Å². The summed E-state index contributed by atoms with van der Waals surface area (Å²) < 4.78 is 27.1. The van der Waals surface area contributed by atoms with E-state index in [-0.39, 0.29) is 32.2 Å². The fraction of sp³-hybridized carbons (Fsp3) is 0.542. The lowest BCUT2D eigenvalue weighted by Gasteiger charge is -2.50. The average Bonchev–Trinajstić information content (AvgIpc) is 2.79. The lowest BCUT2D eigenvalue weighted by molar-refractivity contribution is -0.178. The van der Waals surface area contributed by atoms with Crippen LogP contribution < -0.4 is 9.47 Å². The van der Waals surface area contributed by atoms with Crippen molar-refractivity contribution in [1.29, 1.82) is 0 Å². The first kappa shape index (κ1) is 23.8. The number of carbonyl (C=O) groups excluding carboxylic acids is 3. The zero-order valence-corrected chi connectivity index (χ0v) is 19.0. The van der Waals surface area contributed by atoms with Gasteiger partial charge in [-0.3, -0.25) is 14.4 Å². The third-order valence-electron chi connectivity index (χ3n) is 6.21. The van der Waals surface area contributed by atoms with Crippen molar-refractivity contribution in [2.75, 3.05) is 40.6 Å². The molecule has 8 heteroatoms. The van der Waals surface area contributed by atoms with Crippen molar-refractivity contribution in [1.82, 2.24) is 0 Å². The fourth-order valence-corrected chi connectivity index (χ4v) is 4.68. The molecule has 1 saturated heterocycles. The van der Waals surface area contributed by atoms with E-state index >= 15 is 0 Å². The van der Waals surface area contributed by atoms with Gasteiger partial charge in [0.25, 0.3) is 0 Å². The van der Waals surface area contributed by atoms with Crippen LogP contribution in [0, 0.1) is 10.8 Å². The van der Waals surface area contributed by atoms with Crippen LogP contribution in [-0.2, 0) is 23.8 Å². The molecule has 3 rings (SSSR count). The summed E-state index contributed by atoms with van der Waals surface area (Å²) in [6, 6.07) is 4.82. The van der Waals surface area contributed by atoms with Crippen molar-refractivity contribution in [2.24, 2.45) is 10.8 Å². The normalized spacial score (nSPS) is 25.7. The predicted molar refractivity (Wildman–Crippen MR) is 115 cm³/mol. The zero-order chi connectivity index (χ0) is 23.4. The Hall–Kier alpha value is -2.87. The molecule has 0 N–H and O–H groups in total. The summed E-state index contributed by atoms with van der Waals surface area (Å²) in [6.07, 6.45) is 2.87. The highest BCUT2D eigenvalue weighted by Gasteiger charge is 2.61. The van der Waals surface area contributed by atoms with Gasteiger partial charge in [0.05, 0.1) is 40.6 Å². The summed E-state index contributed by atoms with van der Waals surface area (Å²) >= 11 is 0. The summed E-state index contributed by atoms with van der Waals surface area (Å²) in [5.74, 6) is -0.430. The van der Waals surface area contributed by atoms with Crippen molar-refractivity contribution in [3.05, 3.63) is 35.4 Å². The lowest BCUT2D eigenvalue weighted by Crippen LogP contribution is -2.57. The predicted octanol–water partition coefficient (Wildman–Crippen LogP) is 3.13. The van der Waals surface area contributed by atoms with Gasteiger partial charge in [-0.15, -0.1) is 0 Å². The quantitative estimate of drug-likeness (QED) is 0.341. The number of hydrogen-bond donors (Lipinski definition) is 0. The van der Waals surface area contributed by atoms with Crippen molar-refractivity contribution < 1.29 is 38.1 Å². The molecule has 0 aromatic heterocycles. The van der Waals surface area contributed by atoms with E-state index < -0.39 is 22.8 Å². The van der Waals surface area contributed by atoms with Crippen LogP contribution in [0.25, 0.3) is 0 Å². The van der Waals surface area contributed by atoms with E-state index in [4.69, 9.17) is 23.7 Å². The molecule has 1 aromatic carbocycles. The van der Waals surface area contributed by atoms with Crippen LogP contribution in [-0.4, -0.2) is 58.4 Å². The molecular formula is C24H30O8. The summed E-state index contributed by atoms with van der Waals surface area (Å²) in [5, 5.41) is 0. The molecule has 1 aliphatic carbocycles. The maximum Gasteiger partial charge on any atom is 0.318 e. The van der Waals surface area contributed by atoms with Crippen LogP contribution in [0.2, 0.25) is 0 Å². The molecular weight excluding hydrogens is 416 g/mol. The van der Waals surface area contributed by atoms with Crippen LogP contribution in [0.15, 0.2) is 29.8 Å². The minimum absolute atomic E-state index is 0.0536. The zero-order valence-electron chi connectivity index (χ0n) is 19.0. The van der Waals surface area contributed by atoms with E-state index in [1.807, 2.05) is 0 Å². The molecule has 2 aliphatic rings. The summed E-state index contributed by atoms with van der Waals surface area (Å²) in [4.78, 5) is 39.6. The largest absolute Gasteiger partial charge is 0.493 e. The van der Waals surface area contributed by atoms with Gasteiger partial charge in [0.1, 0.15) is 10.8 Å². The number of hydrogen-bond acceptors (Lipinski definition) is 8. The van der Waals surface area contributed by atoms with Gasteiger partial charge in [-0.25, -0.2) is 0 Å². The SMILES string of the molecule is CCOC(=O)[C@]12CCC[C@](C(=O)OCC)(COC1)C2=CC(=O)c1ccc(OC)c(OC)c1. The molecule has 2 atom stereocenters. The van der Waals surface area contributed by atoms with Crippen molar-refractivity contribution in [2.45, 2.75) is 33.1 Å². The second kappa shape index (κ2) is 9.73. The first-order chi connectivity index (χ1) is 15.4. The number of ketones is 1. The molecule has 1 aromatic rings. The van der Waals surface area contributed by atoms with E-state index in [9.17, 15) is 14.4 Å². The first-order valence-electron chi connectivity index (χ1n) is 10.8. The number of rotatable bonds is 8. The van der Waals surface area contributed by atoms with E-state index in [2.05, 4.69) is 0 Å². The highest BCUT2D eigenvalue weighted by molar-refractivity contribution is 6.07. The summed E-state index contributed by atoms with van der Waals surface area (Å²) in [7, 11) is 3.00. The number of allylic oxidation sites excluding steroid dienone is 1. The van der Waals surface area contributed by atoms with Gasteiger partial charge in [0, 0.05) is 5.56 Å². The molecule has 0 spiro atoms. The second-order valence-electron chi connectivity index (χ2n) is 7.94. The topological polar surface area (TPSA) is 97.4 Å². The van der Waals surface area contributed by atoms with Crippen LogP contribution >= 0.6 is 0 Å². The van der Waals surface area contributed by atoms with Crippen molar-refractivity contribution in [3.63, 3.8) is 0 Å². The molecule has 32 heavy (non-hydrogen) atoms. The summed E-state index contributed by atoms with van der Waals surface area (Å²) in [5.41, 5.74) is -1.64. The number of ether oxygens (including phenoxy) is 5. The van der Waals surface area contributed by atoms with Crippen LogP contribution in [0.3, 0.4) is 0 Å². The van der Waals surface area contributed by atoms with E-state index in [1.54, 1.807) is 32.0 Å². The second-order valence-corrected chi connectivity index (χ2v) is 7.94. The van der Waals surface area contributed by atoms with E-state index in [0.29, 0.717) is 41.9 Å². The molecule has 1 heterocycles. The number of esters is 2. The molecule has 0 unspecified atom stereocenters. The lowest BCUT2D eigenvalue weighted by atomic mass is 9.56. The molecule has 8 nitrogen and oxygen atoms in total. The third-order valence-corrected chi connectivity index (χ3v) is 6.21. The third kappa shape index (κ3) is 3.99. The molecule has 1 aliphatic heterocycles. The number of fused-ring (bicyclic) bond motifs is 2. The van der Waals surface area contributed by atoms with Gasteiger partial charge >= 0.3 is 11.9 Å². The van der Waals surface area contributed by atoms with Crippen LogP contribution in [0.1, 0.15) is 43.5 Å². The average molecular weight is 446 g/mol. The van der Waals surface area contributed by atoms with Gasteiger partial charge in [0.2, 0.25) is 0 Å². The molecule has 0 radical (unpaired) electrons. The molecule has 174 valence electrons. The standard InChI is InChI=1S/C24H30O8/c1-5-31-21(26)23-10-7-11-24(15-30-14-23,22(27)32-6-2)20(23)13-17(25)16-8-9-18(28-3)19(12-16)29-4/h8-9,12-13H,5-7,10-11,14-15H2,1-4H3/t23-,24+. The number of carbonyl (C=O) groups is 3. The smallest absolute Gasteiger partial charge is 0.318 e. The Labute approximate surface area is 187 Å². The first-order valence-corrected chi connectivity index (χ1v) is 10.8. The van der Waals surface area contributed by atoms with Crippen LogP contribution in [0.5, 0.6) is 11.5 Å². The van der Waals surface area contributed by atoms with Crippen LogP contribution in [0.4, 0.5) is 0 Å². The number of benzene rings is 1. The fourth-order valence-electron chi connectivity index (χ4n) is 4.68. The maximum atomic E-state index is 13.3. The maximum absolute atomic E-state index is 13.3. The summed E-state index contributed by atoms with van der Waals surface area (Å²) in [6.45, 7) is 3.92.